The van der Waals surface area contributed by atoms with E-state index in [1.54, 1.807) is 25.1 Å². The number of rotatable bonds is 4. The number of carbonyl (C=O) groups is 1. The molecule has 18 heavy (non-hydrogen) atoms. The molecule has 2 rings (SSSR count). The van der Waals surface area contributed by atoms with Gasteiger partial charge in [0.25, 0.3) is 0 Å². The van der Waals surface area contributed by atoms with Crippen molar-refractivity contribution >= 4 is 17.6 Å². The van der Waals surface area contributed by atoms with Gasteiger partial charge in [0, 0.05) is 0 Å². The van der Waals surface area contributed by atoms with Crippen molar-refractivity contribution in [2.75, 3.05) is 0 Å². The summed E-state index contributed by atoms with van der Waals surface area (Å²) in [6, 6.07) is 6.37. The van der Waals surface area contributed by atoms with Crippen molar-refractivity contribution < 1.29 is 18.3 Å². The monoisotopic (exact) mass is 269 g/mol. The van der Waals surface area contributed by atoms with Gasteiger partial charge in [-0.1, -0.05) is 12.1 Å². The maximum absolute atomic E-state index is 12.3. The molecule has 0 amide bonds. The molecule has 0 unspecified atom stereocenters. The zero-order valence-electron chi connectivity index (χ0n) is 9.39. The van der Waals surface area contributed by atoms with Crippen molar-refractivity contribution in [2.24, 2.45) is 0 Å². The van der Waals surface area contributed by atoms with Crippen LogP contribution in [0.4, 0.5) is 8.78 Å². The Hall–Kier alpha value is -1.82. The Balaban J connectivity index is 2.45. The van der Waals surface area contributed by atoms with E-state index in [0.29, 0.717) is 27.4 Å². The molecular weight excluding hydrogens is 260 g/mol. The lowest BCUT2D eigenvalue weighted by atomic mass is 10.2. The number of para-hydroxylation sites is 1. The Labute approximate surface area is 106 Å². The van der Waals surface area contributed by atoms with Gasteiger partial charge in [-0.2, -0.15) is 8.78 Å². The number of carbonyl (C=O) groups excluding carboxylic acids is 1. The number of hydrogen-bond donors (Lipinski definition) is 0. The van der Waals surface area contributed by atoms with Crippen molar-refractivity contribution in [1.29, 1.82) is 0 Å². The van der Waals surface area contributed by atoms with Crippen LogP contribution in [-0.2, 0) is 0 Å². The van der Waals surface area contributed by atoms with Crippen molar-refractivity contribution in [2.45, 2.75) is 13.5 Å². The molecule has 0 aliphatic carbocycles. The van der Waals surface area contributed by atoms with E-state index in [-0.39, 0.29) is 5.75 Å². The van der Waals surface area contributed by atoms with Crippen molar-refractivity contribution in [1.82, 2.24) is 4.98 Å². The van der Waals surface area contributed by atoms with Crippen LogP contribution in [0.1, 0.15) is 15.4 Å². The van der Waals surface area contributed by atoms with Gasteiger partial charge in [0.2, 0.25) is 0 Å². The third-order valence-corrected chi connectivity index (χ3v) is 3.39. The SMILES string of the molecule is Cc1nc(-c2ccccc2OC(F)F)sc1C=O. The number of halogens is 2. The molecule has 1 aromatic heterocycles. The minimum absolute atomic E-state index is 0.0544. The summed E-state index contributed by atoms with van der Waals surface area (Å²) in [5, 5.41) is 0.492. The van der Waals surface area contributed by atoms with Gasteiger partial charge in [0.15, 0.2) is 6.29 Å². The zero-order chi connectivity index (χ0) is 13.1. The van der Waals surface area contributed by atoms with E-state index < -0.39 is 6.61 Å². The average Bonchev–Trinajstić information content (AvgIpc) is 2.70. The molecule has 0 saturated carbocycles. The number of aromatic nitrogens is 1. The third-order valence-electron chi connectivity index (χ3n) is 2.27. The average molecular weight is 269 g/mol. The lowest BCUT2D eigenvalue weighted by Crippen LogP contribution is -2.02. The topological polar surface area (TPSA) is 39.2 Å². The van der Waals surface area contributed by atoms with Gasteiger partial charge in [0.1, 0.15) is 10.8 Å². The summed E-state index contributed by atoms with van der Waals surface area (Å²) in [5.74, 6) is 0.0544. The fourth-order valence-electron chi connectivity index (χ4n) is 1.47. The summed E-state index contributed by atoms with van der Waals surface area (Å²) in [6.07, 6.45) is 0.701. The smallest absolute Gasteiger partial charge is 0.387 e. The molecule has 0 bridgehead atoms. The maximum atomic E-state index is 12.3. The van der Waals surface area contributed by atoms with E-state index in [1.807, 2.05) is 0 Å². The second kappa shape index (κ2) is 5.22. The molecule has 0 aliphatic rings. The van der Waals surface area contributed by atoms with E-state index in [9.17, 15) is 13.6 Å². The standard InChI is InChI=1S/C12H9F2NO2S/c1-7-10(6-16)18-11(15-7)8-4-2-3-5-9(8)17-12(13)14/h2-6,12H,1H3. The second-order valence-electron chi connectivity index (χ2n) is 3.46. The van der Waals surface area contributed by atoms with E-state index in [1.165, 1.54) is 6.07 Å². The number of hydrogen-bond acceptors (Lipinski definition) is 4. The van der Waals surface area contributed by atoms with Crippen LogP contribution < -0.4 is 4.74 Å². The number of ether oxygens (including phenoxy) is 1. The Kier molecular flexibility index (Phi) is 3.66. The van der Waals surface area contributed by atoms with Gasteiger partial charge < -0.3 is 4.74 Å². The first kappa shape index (κ1) is 12.6. The van der Waals surface area contributed by atoms with Crippen LogP contribution >= 0.6 is 11.3 Å². The number of thiazole rings is 1. The summed E-state index contributed by atoms with van der Waals surface area (Å²) in [7, 11) is 0. The van der Waals surface area contributed by atoms with Crippen molar-refractivity contribution in [3.05, 3.63) is 34.8 Å². The Morgan fingerprint density at radius 1 is 1.39 bits per heavy atom. The number of aryl methyl sites for hydroxylation is 1. The lowest BCUT2D eigenvalue weighted by Gasteiger charge is -2.07. The molecule has 1 heterocycles. The van der Waals surface area contributed by atoms with Crippen molar-refractivity contribution in [3.63, 3.8) is 0 Å². The fourth-order valence-corrected chi connectivity index (χ4v) is 2.39. The summed E-state index contributed by atoms with van der Waals surface area (Å²) in [5.41, 5.74) is 1.04. The van der Waals surface area contributed by atoms with Crippen molar-refractivity contribution in [3.8, 4) is 16.3 Å². The number of alkyl halides is 2. The fraction of sp³-hybridized carbons (Fsp3) is 0.167. The van der Waals surface area contributed by atoms with Crippen LogP contribution in [0.2, 0.25) is 0 Å². The van der Waals surface area contributed by atoms with E-state index in [2.05, 4.69) is 9.72 Å². The number of benzene rings is 1. The first-order chi connectivity index (χ1) is 8.61. The molecule has 3 nitrogen and oxygen atoms in total. The second-order valence-corrected chi connectivity index (χ2v) is 4.49. The highest BCUT2D eigenvalue weighted by molar-refractivity contribution is 7.16. The Morgan fingerprint density at radius 3 is 2.72 bits per heavy atom. The molecule has 0 N–H and O–H groups in total. The van der Waals surface area contributed by atoms with Gasteiger partial charge in [0.05, 0.1) is 16.1 Å². The van der Waals surface area contributed by atoms with E-state index >= 15 is 0 Å². The predicted octanol–water partition coefficient (Wildman–Crippen LogP) is 3.53. The molecular formula is C12H9F2NO2S. The predicted molar refractivity (Wildman–Crippen MR) is 64.3 cm³/mol. The molecule has 0 aliphatic heterocycles. The highest BCUT2D eigenvalue weighted by Gasteiger charge is 2.15. The molecule has 0 saturated heterocycles. The van der Waals surface area contributed by atoms with Crippen LogP contribution in [0.25, 0.3) is 10.6 Å². The van der Waals surface area contributed by atoms with Gasteiger partial charge in [-0.15, -0.1) is 11.3 Å². The Bertz CT molecular complexity index is 569. The van der Waals surface area contributed by atoms with Crippen LogP contribution in [-0.4, -0.2) is 17.9 Å². The zero-order valence-corrected chi connectivity index (χ0v) is 10.2. The summed E-state index contributed by atoms with van der Waals surface area (Å²) in [4.78, 5) is 15.4. The van der Waals surface area contributed by atoms with E-state index in [4.69, 9.17) is 0 Å². The van der Waals surface area contributed by atoms with Gasteiger partial charge >= 0.3 is 6.61 Å². The summed E-state index contributed by atoms with van der Waals surface area (Å²) in [6.45, 7) is -1.20. The largest absolute Gasteiger partial charge is 0.434 e. The van der Waals surface area contributed by atoms with Crippen LogP contribution in [0.5, 0.6) is 5.75 Å². The molecule has 0 atom stereocenters. The lowest BCUT2D eigenvalue weighted by molar-refractivity contribution is -0.0494. The number of aldehydes is 1. The first-order valence-corrected chi connectivity index (χ1v) is 5.90. The molecule has 94 valence electrons. The van der Waals surface area contributed by atoms with Crippen LogP contribution in [0, 0.1) is 6.92 Å². The normalized spacial score (nSPS) is 10.7. The molecule has 0 spiro atoms. The molecule has 0 radical (unpaired) electrons. The minimum Gasteiger partial charge on any atom is -0.434 e. The van der Waals surface area contributed by atoms with Gasteiger partial charge in [-0.25, -0.2) is 4.98 Å². The van der Waals surface area contributed by atoms with Gasteiger partial charge in [-0.05, 0) is 19.1 Å². The summed E-state index contributed by atoms with van der Waals surface area (Å²) < 4.78 is 29.0. The van der Waals surface area contributed by atoms with Gasteiger partial charge in [-0.3, -0.25) is 4.79 Å². The highest BCUT2D eigenvalue weighted by atomic mass is 32.1. The van der Waals surface area contributed by atoms with Crippen LogP contribution in [0.15, 0.2) is 24.3 Å². The van der Waals surface area contributed by atoms with Crippen LogP contribution in [0.3, 0.4) is 0 Å². The highest BCUT2D eigenvalue weighted by Crippen LogP contribution is 2.34. The first-order valence-electron chi connectivity index (χ1n) is 5.08. The Morgan fingerprint density at radius 2 is 2.11 bits per heavy atom. The quantitative estimate of drug-likeness (QED) is 0.797. The summed E-state index contributed by atoms with van der Waals surface area (Å²) >= 11 is 1.15. The molecule has 0 fully saturated rings. The third kappa shape index (κ3) is 2.53. The minimum atomic E-state index is -2.89. The van der Waals surface area contributed by atoms with E-state index in [0.717, 1.165) is 11.3 Å². The molecule has 2 aromatic rings. The maximum Gasteiger partial charge on any atom is 0.387 e. The molecule has 6 heteroatoms. The molecule has 1 aromatic carbocycles. The number of nitrogens with zero attached hydrogens (tertiary/aromatic N) is 1.